The molecule has 1 amide bonds. The van der Waals surface area contributed by atoms with Gasteiger partial charge in [0.1, 0.15) is 23.3 Å². The molecule has 2 aromatic heterocycles. The quantitative estimate of drug-likeness (QED) is 0.673. The van der Waals surface area contributed by atoms with Crippen LogP contribution in [0.3, 0.4) is 0 Å². The van der Waals surface area contributed by atoms with E-state index in [1.165, 1.54) is 22.2 Å². The molecule has 3 rings (SSSR count). The standard InChI is InChI=1S/C19H21N3O4S/c1-11-5-4-6-14(7-11)26-9-13(23)8-20-17(24)16-12(2)15-18(27-16)21-10-22(3)19(15)25/h4-7,10,13,23H,8-9H2,1-3H3,(H,20,24). The Labute approximate surface area is 160 Å². The third kappa shape index (κ3) is 4.17. The van der Waals surface area contributed by atoms with E-state index in [1.54, 1.807) is 14.0 Å². The highest BCUT2D eigenvalue weighted by Gasteiger charge is 2.19. The second-order valence-electron chi connectivity index (χ2n) is 6.39. The van der Waals surface area contributed by atoms with E-state index in [-0.39, 0.29) is 24.6 Å². The van der Waals surface area contributed by atoms with Crippen molar-refractivity contribution >= 4 is 27.5 Å². The summed E-state index contributed by atoms with van der Waals surface area (Å²) in [6.45, 7) is 3.80. The van der Waals surface area contributed by atoms with Crippen molar-refractivity contribution in [2.75, 3.05) is 13.2 Å². The molecular weight excluding hydrogens is 366 g/mol. The summed E-state index contributed by atoms with van der Waals surface area (Å²) in [4.78, 5) is 29.9. The molecule has 0 aliphatic rings. The Morgan fingerprint density at radius 2 is 2.19 bits per heavy atom. The number of fused-ring (bicyclic) bond motifs is 1. The number of hydrogen-bond acceptors (Lipinski definition) is 6. The van der Waals surface area contributed by atoms with Crippen LogP contribution in [0.15, 0.2) is 35.4 Å². The maximum absolute atomic E-state index is 12.5. The van der Waals surface area contributed by atoms with Crippen LogP contribution in [0.25, 0.3) is 10.2 Å². The molecule has 8 heteroatoms. The van der Waals surface area contributed by atoms with Gasteiger partial charge in [-0.25, -0.2) is 4.98 Å². The number of carbonyl (C=O) groups excluding carboxylic acids is 1. The smallest absolute Gasteiger partial charge is 0.262 e. The van der Waals surface area contributed by atoms with Crippen LogP contribution in [0.2, 0.25) is 0 Å². The monoisotopic (exact) mass is 387 g/mol. The molecule has 0 saturated heterocycles. The minimum absolute atomic E-state index is 0.0454. The van der Waals surface area contributed by atoms with Gasteiger partial charge in [0.05, 0.1) is 16.6 Å². The average Bonchev–Trinajstić information content (AvgIpc) is 2.98. The van der Waals surface area contributed by atoms with E-state index in [9.17, 15) is 14.7 Å². The van der Waals surface area contributed by atoms with Crippen LogP contribution in [0.5, 0.6) is 5.75 Å². The maximum atomic E-state index is 12.5. The molecule has 0 aliphatic heterocycles. The number of aliphatic hydroxyl groups excluding tert-OH is 1. The topological polar surface area (TPSA) is 93.4 Å². The first kappa shape index (κ1) is 19.1. The van der Waals surface area contributed by atoms with E-state index in [0.717, 1.165) is 5.56 Å². The molecule has 0 fully saturated rings. The van der Waals surface area contributed by atoms with Crippen molar-refractivity contribution in [2.24, 2.45) is 7.05 Å². The Bertz CT molecular complexity index is 1040. The van der Waals surface area contributed by atoms with Gasteiger partial charge in [-0.05, 0) is 37.1 Å². The van der Waals surface area contributed by atoms with Crippen molar-refractivity contribution in [3.63, 3.8) is 0 Å². The van der Waals surface area contributed by atoms with E-state index in [1.807, 2.05) is 31.2 Å². The van der Waals surface area contributed by atoms with E-state index in [2.05, 4.69) is 10.3 Å². The lowest BCUT2D eigenvalue weighted by Crippen LogP contribution is -2.35. The molecule has 2 heterocycles. The van der Waals surface area contributed by atoms with Crippen molar-refractivity contribution in [1.82, 2.24) is 14.9 Å². The number of aromatic nitrogens is 2. The minimum atomic E-state index is -0.852. The summed E-state index contributed by atoms with van der Waals surface area (Å²) in [5.41, 5.74) is 1.49. The molecule has 3 aromatic rings. The molecule has 27 heavy (non-hydrogen) atoms. The number of nitrogens with one attached hydrogen (secondary N) is 1. The second kappa shape index (κ2) is 7.89. The third-order valence-electron chi connectivity index (χ3n) is 4.15. The van der Waals surface area contributed by atoms with Crippen LogP contribution >= 0.6 is 11.3 Å². The van der Waals surface area contributed by atoms with Gasteiger partial charge >= 0.3 is 0 Å². The Hall–Kier alpha value is -2.71. The highest BCUT2D eigenvalue weighted by molar-refractivity contribution is 7.20. The molecular formula is C19H21N3O4S. The predicted octanol–water partition coefficient (Wildman–Crippen LogP) is 1.78. The third-order valence-corrected chi connectivity index (χ3v) is 5.35. The van der Waals surface area contributed by atoms with Gasteiger partial charge in [-0.3, -0.25) is 9.59 Å². The lowest BCUT2D eigenvalue weighted by molar-refractivity contribution is 0.0846. The Balaban J connectivity index is 1.62. The lowest BCUT2D eigenvalue weighted by atomic mass is 10.2. The average molecular weight is 387 g/mol. The van der Waals surface area contributed by atoms with Crippen molar-refractivity contribution < 1.29 is 14.6 Å². The summed E-state index contributed by atoms with van der Waals surface area (Å²) in [5, 5.41) is 13.2. The van der Waals surface area contributed by atoms with Crippen molar-refractivity contribution in [3.05, 3.63) is 57.0 Å². The van der Waals surface area contributed by atoms with Crippen LogP contribution in [-0.2, 0) is 7.05 Å². The summed E-state index contributed by atoms with van der Waals surface area (Å²) >= 11 is 1.17. The summed E-state index contributed by atoms with van der Waals surface area (Å²) in [6, 6.07) is 7.52. The van der Waals surface area contributed by atoms with Crippen LogP contribution in [0.4, 0.5) is 0 Å². The molecule has 142 valence electrons. The molecule has 7 nitrogen and oxygen atoms in total. The number of aryl methyl sites for hydroxylation is 3. The van der Waals surface area contributed by atoms with Crippen LogP contribution in [0.1, 0.15) is 20.8 Å². The predicted molar refractivity (Wildman–Crippen MR) is 105 cm³/mol. The fraction of sp³-hybridized carbons (Fsp3) is 0.316. The van der Waals surface area contributed by atoms with Crippen LogP contribution in [0, 0.1) is 13.8 Å². The maximum Gasteiger partial charge on any atom is 0.262 e. The highest BCUT2D eigenvalue weighted by atomic mass is 32.1. The number of hydrogen-bond donors (Lipinski definition) is 2. The van der Waals surface area contributed by atoms with Crippen LogP contribution in [-0.4, -0.2) is 39.8 Å². The van der Waals surface area contributed by atoms with Crippen molar-refractivity contribution in [1.29, 1.82) is 0 Å². The number of amides is 1. The summed E-state index contributed by atoms with van der Waals surface area (Å²) in [5.74, 6) is 0.329. The van der Waals surface area contributed by atoms with Gasteiger partial charge < -0.3 is 19.7 Å². The normalized spacial score (nSPS) is 12.1. The number of nitrogens with zero attached hydrogens (tertiary/aromatic N) is 2. The number of rotatable bonds is 6. The molecule has 0 radical (unpaired) electrons. The van der Waals surface area contributed by atoms with E-state index in [4.69, 9.17) is 4.74 Å². The number of thiophene rings is 1. The van der Waals surface area contributed by atoms with Gasteiger partial charge in [-0.2, -0.15) is 0 Å². The minimum Gasteiger partial charge on any atom is -0.491 e. The summed E-state index contributed by atoms with van der Waals surface area (Å²) in [6.07, 6.45) is 0.587. The molecule has 2 N–H and O–H groups in total. The molecule has 0 saturated carbocycles. The van der Waals surface area contributed by atoms with Gasteiger partial charge in [0, 0.05) is 13.6 Å². The van der Waals surface area contributed by atoms with Gasteiger partial charge in [-0.1, -0.05) is 12.1 Å². The lowest BCUT2D eigenvalue weighted by Gasteiger charge is -2.13. The highest BCUT2D eigenvalue weighted by Crippen LogP contribution is 2.26. The first-order chi connectivity index (χ1) is 12.9. The Kier molecular flexibility index (Phi) is 5.57. The fourth-order valence-electron chi connectivity index (χ4n) is 2.67. The Morgan fingerprint density at radius 3 is 2.93 bits per heavy atom. The number of ether oxygens (including phenoxy) is 1. The zero-order valence-corrected chi connectivity index (χ0v) is 16.2. The summed E-state index contributed by atoms with van der Waals surface area (Å²) in [7, 11) is 1.62. The van der Waals surface area contributed by atoms with E-state index in [0.29, 0.717) is 26.4 Å². The first-order valence-corrected chi connectivity index (χ1v) is 9.29. The zero-order chi connectivity index (χ0) is 19.6. The van der Waals surface area contributed by atoms with Crippen molar-refractivity contribution in [2.45, 2.75) is 20.0 Å². The molecule has 0 bridgehead atoms. The van der Waals surface area contributed by atoms with E-state index < -0.39 is 6.10 Å². The second-order valence-corrected chi connectivity index (χ2v) is 7.39. The Morgan fingerprint density at radius 1 is 1.41 bits per heavy atom. The number of aliphatic hydroxyl groups is 1. The fourth-order valence-corrected chi connectivity index (χ4v) is 3.73. The number of carbonyl (C=O) groups is 1. The molecule has 1 aromatic carbocycles. The van der Waals surface area contributed by atoms with Gasteiger partial charge in [-0.15, -0.1) is 11.3 Å². The van der Waals surface area contributed by atoms with Gasteiger partial charge in [0.2, 0.25) is 0 Å². The molecule has 1 atom stereocenters. The van der Waals surface area contributed by atoms with Crippen molar-refractivity contribution in [3.8, 4) is 5.75 Å². The summed E-state index contributed by atoms with van der Waals surface area (Å²) < 4.78 is 6.92. The molecule has 0 spiro atoms. The SMILES string of the molecule is Cc1cccc(OCC(O)CNC(=O)c2sc3ncn(C)c(=O)c3c2C)c1. The van der Waals surface area contributed by atoms with E-state index >= 15 is 0 Å². The molecule has 1 unspecified atom stereocenters. The first-order valence-electron chi connectivity index (χ1n) is 8.47. The largest absolute Gasteiger partial charge is 0.491 e. The van der Waals surface area contributed by atoms with Gasteiger partial charge in [0.15, 0.2) is 0 Å². The molecule has 0 aliphatic carbocycles. The van der Waals surface area contributed by atoms with Crippen LogP contribution < -0.4 is 15.6 Å². The zero-order valence-electron chi connectivity index (χ0n) is 15.4. The number of benzene rings is 1. The van der Waals surface area contributed by atoms with Gasteiger partial charge in [0.25, 0.3) is 11.5 Å².